The highest BCUT2D eigenvalue weighted by Crippen LogP contribution is 2.57. The maximum Gasteiger partial charge on any atom is 0.119 e. The Morgan fingerprint density at radius 2 is 1.86 bits per heavy atom. The number of methoxy groups -OCH3 is 1. The van der Waals surface area contributed by atoms with Crippen LogP contribution >= 0.6 is 0 Å². The third-order valence-electron chi connectivity index (χ3n) is 6.95. The Balaban J connectivity index is 1.81. The molecule has 2 heteroatoms. The van der Waals surface area contributed by atoms with Gasteiger partial charge in [-0.3, -0.25) is 0 Å². The first kappa shape index (κ1) is 17.8. The molecule has 2 atom stereocenters. The largest absolute Gasteiger partial charge is 0.497 e. The molecule has 2 nitrogen and oxygen atoms in total. The zero-order valence-corrected chi connectivity index (χ0v) is 17.4. The first-order valence-corrected chi connectivity index (χ1v) is 11.1. The standard InChI is InChI=1S/C26H31NO/c1-4-8-17(9-5-2)25-21-10-6-7-11-24(21)27-16-18-14-22(18)23-15-19(28-3)12-13-20(23)26(25)27/h6-7,10-13,15,17-18,22H,4-5,8-9,14,16H2,1-3H3/t18?,22-/m1/s1. The second-order valence-electron chi connectivity index (χ2n) is 8.72. The Hall–Kier alpha value is -2.22. The monoisotopic (exact) mass is 373 g/mol. The van der Waals surface area contributed by atoms with Gasteiger partial charge in [0.05, 0.1) is 12.8 Å². The van der Waals surface area contributed by atoms with Crippen molar-refractivity contribution in [2.24, 2.45) is 5.92 Å². The number of hydrogen-bond acceptors (Lipinski definition) is 1. The van der Waals surface area contributed by atoms with E-state index in [0.29, 0.717) is 11.8 Å². The first-order valence-electron chi connectivity index (χ1n) is 11.1. The van der Waals surface area contributed by atoms with Gasteiger partial charge in [-0.25, -0.2) is 0 Å². The third kappa shape index (κ3) is 2.69. The van der Waals surface area contributed by atoms with E-state index in [1.807, 2.05) is 0 Å². The van der Waals surface area contributed by atoms with E-state index in [9.17, 15) is 0 Å². The van der Waals surface area contributed by atoms with Crippen LogP contribution < -0.4 is 4.74 Å². The molecule has 5 rings (SSSR count). The summed E-state index contributed by atoms with van der Waals surface area (Å²) in [5.41, 5.74) is 7.50. The van der Waals surface area contributed by atoms with E-state index >= 15 is 0 Å². The molecule has 1 aliphatic heterocycles. The van der Waals surface area contributed by atoms with Gasteiger partial charge in [0.1, 0.15) is 5.75 Å². The molecule has 146 valence electrons. The van der Waals surface area contributed by atoms with Gasteiger partial charge in [-0.05, 0) is 72.4 Å². The summed E-state index contributed by atoms with van der Waals surface area (Å²) in [5.74, 6) is 3.11. The van der Waals surface area contributed by atoms with E-state index in [2.05, 4.69) is 60.9 Å². The average Bonchev–Trinajstić information content (AvgIpc) is 3.43. The highest BCUT2D eigenvalue weighted by Gasteiger charge is 2.44. The van der Waals surface area contributed by atoms with Crippen molar-refractivity contribution < 1.29 is 4.74 Å². The van der Waals surface area contributed by atoms with Gasteiger partial charge in [-0.1, -0.05) is 44.9 Å². The molecule has 0 bridgehead atoms. The first-order chi connectivity index (χ1) is 13.8. The summed E-state index contributed by atoms with van der Waals surface area (Å²) in [4.78, 5) is 0. The number of aromatic nitrogens is 1. The van der Waals surface area contributed by atoms with Crippen molar-refractivity contribution in [1.82, 2.24) is 4.57 Å². The SMILES string of the molecule is CCCC(CCC)c1c2n(c3ccccc13)CC1C[C@H]1c1cc(OC)ccc1-2. The normalized spacial score (nSPS) is 19.9. The molecule has 0 radical (unpaired) electrons. The highest BCUT2D eigenvalue weighted by molar-refractivity contribution is 5.93. The molecule has 2 heterocycles. The molecule has 2 aromatic carbocycles. The molecule has 0 spiro atoms. The predicted octanol–water partition coefficient (Wildman–Crippen LogP) is 7.12. The maximum atomic E-state index is 5.58. The summed E-state index contributed by atoms with van der Waals surface area (Å²) in [7, 11) is 1.78. The van der Waals surface area contributed by atoms with E-state index in [-0.39, 0.29) is 0 Å². The molecule has 2 aliphatic rings. The van der Waals surface area contributed by atoms with E-state index in [4.69, 9.17) is 4.74 Å². The lowest BCUT2D eigenvalue weighted by molar-refractivity contribution is 0.414. The van der Waals surface area contributed by atoms with Crippen LogP contribution in [-0.2, 0) is 6.54 Å². The van der Waals surface area contributed by atoms with Crippen LogP contribution in [0.1, 0.15) is 68.9 Å². The topological polar surface area (TPSA) is 14.2 Å². The number of nitrogens with zero attached hydrogens (tertiary/aromatic N) is 1. The van der Waals surface area contributed by atoms with Crippen molar-refractivity contribution in [3.63, 3.8) is 0 Å². The molecule has 1 fully saturated rings. The molecule has 1 aliphatic carbocycles. The lowest BCUT2D eigenvalue weighted by Crippen LogP contribution is -2.04. The summed E-state index contributed by atoms with van der Waals surface area (Å²) in [6.07, 6.45) is 6.34. The molecule has 1 unspecified atom stereocenters. The van der Waals surface area contributed by atoms with E-state index < -0.39 is 0 Å². The summed E-state index contributed by atoms with van der Waals surface area (Å²) >= 11 is 0. The van der Waals surface area contributed by atoms with Gasteiger partial charge < -0.3 is 9.30 Å². The van der Waals surface area contributed by atoms with Gasteiger partial charge in [-0.2, -0.15) is 0 Å². The van der Waals surface area contributed by atoms with Crippen LogP contribution in [0, 0.1) is 5.92 Å². The quantitative estimate of drug-likeness (QED) is 0.449. The van der Waals surface area contributed by atoms with Crippen LogP contribution in [0.3, 0.4) is 0 Å². The fraction of sp³-hybridized carbons (Fsp3) is 0.462. The zero-order valence-electron chi connectivity index (χ0n) is 17.4. The number of rotatable bonds is 6. The molecule has 0 saturated heterocycles. The minimum Gasteiger partial charge on any atom is -0.497 e. The lowest BCUT2D eigenvalue weighted by Gasteiger charge is -2.20. The predicted molar refractivity (Wildman–Crippen MR) is 117 cm³/mol. The highest BCUT2D eigenvalue weighted by atomic mass is 16.5. The summed E-state index contributed by atoms with van der Waals surface area (Å²) < 4.78 is 8.24. The van der Waals surface area contributed by atoms with Gasteiger partial charge in [0, 0.05) is 23.0 Å². The number of hydrogen-bond donors (Lipinski definition) is 0. The number of benzene rings is 2. The molecule has 1 saturated carbocycles. The molecule has 0 N–H and O–H groups in total. The van der Waals surface area contributed by atoms with Gasteiger partial charge in [0.2, 0.25) is 0 Å². The van der Waals surface area contributed by atoms with Crippen molar-refractivity contribution in [2.75, 3.05) is 7.11 Å². The summed E-state index contributed by atoms with van der Waals surface area (Å²) in [6, 6.07) is 15.9. The van der Waals surface area contributed by atoms with E-state index in [1.54, 1.807) is 12.7 Å². The zero-order chi connectivity index (χ0) is 19.3. The van der Waals surface area contributed by atoms with Crippen molar-refractivity contribution in [3.05, 3.63) is 53.6 Å². The fourth-order valence-corrected chi connectivity index (χ4v) is 5.61. The van der Waals surface area contributed by atoms with E-state index in [0.717, 1.165) is 18.2 Å². The van der Waals surface area contributed by atoms with Crippen LogP contribution in [-0.4, -0.2) is 11.7 Å². The minimum atomic E-state index is 0.639. The van der Waals surface area contributed by atoms with Crippen molar-refractivity contribution >= 4 is 10.9 Å². The van der Waals surface area contributed by atoms with Crippen LogP contribution in [0.25, 0.3) is 22.2 Å². The molecule has 3 aromatic rings. The maximum absolute atomic E-state index is 5.58. The smallest absolute Gasteiger partial charge is 0.119 e. The van der Waals surface area contributed by atoms with Crippen molar-refractivity contribution in [2.45, 2.75) is 64.3 Å². The Morgan fingerprint density at radius 1 is 1.07 bits per heavy atom. The van der Waals surface area contributed by atoms with Crippen molar-refractivity contribution in [3.8, 4) is 17.0 Å². The van der Waals surface area contributed by atoms with Crippen LogP contribution in [0.4, 0.5) is 0 Å². The second kappa shape index (κ2) is 6.99. The van der Waals surface area contributed by atoms with E-state index in [1.165, 1.54) is 59.8 Å². The molecular formula is C26H31NO. The Labute approximate surface area is 168 Å². The van der Waals surface area contributed by atoms with Crippen LogP contribution in [0.15, 0.2) is 42.5 Å². The average molecular weight is 374 g/mol. The molecule has 0 amide bonds. The molecule has 1 aromatic heterocycles. The fourth-order valence-electron chi connectivity index (χ4n) is 5.61. The summed E-state index contributed by atoms with van der Waals surface area (Å²) in [6.45, 7) is 5.81. The molecule has 28 heavy (non-hydrogen) atoms. The third-order valence-corrected chi connectivity index (χ3v) is 6.95. The van der Waals surface area contributed by atoms with Crippen LogP contribution in [0.5, 0.6) is 5.75 Å². The van der Waals surface area contributed by atoms with Gasteiger partial charge in [0.15, 0.2) is 0 Å². The number of para-hydroxylation sites is 1. The van der Waals surface area contributed by atoms with Gasteiger partial charge in [0.25, 0.3) is 0 Å². The Bertz CT molecular complexity index is 1010. The van der Waals surface area contributed by atoms with Crippen LogP contribution in [0.2, 0.25) is 0 Å². The summed E-state index contributed by atoms with van der Waals surface area (Å²) in [5, 5.41) is 1.48. The number of ether oxygens (including phenoxy) is 1. The molecular weight excluding hydrogens is 342 g/mol. The lowest BCUT2D eigenvalue weighted by atomic mass is 9.85. The van der Waals surface area contributed by atoms with Crippen molar-refractivity contribution in [1.29, 1.82) is 0 Å². The second-order valence-corrected chi connectivity index (χ2v) is 8.72. The Kier molecular flexibility index (Phi) is 4.45. The van der Waals surface area contributed by atoms with Gasteiger partial charge >= 0.3 is 0 Å². The minimum absolute atomic E-state index is 0.639. The Morgan fingerprint density at radius 3 is 2.61 bits per heavy atom. The number of fused-ring (bicyclic) bond motifs is 7. The van der Waals surface area contributed by atoms with Gasteiger partial charge in [-0.15, -0.1) is 0 Å².